The van der Waals surface area contributed by atoms with E-state index in [2.05, 4.69) is 15.3 Å². The molecule has 1 amide bonds. The first-order valence-electron chi connectivity index (χ1n) is 7.70. The lowest BCUT2D eigenvalue weighted by Gasteiger charge is -2.33. The quantitative estimate of drug-likeness (QED) is 0.914. The van der Waals surface area contributed by atoms with Gasteiger partial charge in [0.2, 0.25) is 5.91 Å². The van der Waals surface area contributed by atoms with Gasteiger partial charge in [-0.25, -0.2) is 9.97 Å². The summed E-state index contributed by atoms with van der Waals surface area (Å²) < 4.78 is 40.2. The lowest BCUT2D eigenvalue weighted by Crippen LogP contribution is -2.40. The molecule has 0 radical (unpaired) electrons. The summed E-state index contributed by atoms with van der Waals surface area (Å²) in [6.45, 7) is 0.683. The molecule has 0 saturated carbocycles. The zero-order valence-electron chi connectivity index (χ0n) is 13.1. The molecular weight excluding hydrogens is 321 g/mol. The highest BCUT2D eigenvalue weighted by atomic mass is 19.4. The van der Waals surface area contributed by atoms with Gasteiger partial charge in [-0.1, -0.05) is 12.1 Å². The Hall–Kier alpha value is -2.38. The van der Waals surface area contributed by atoms with Crippen molar-refractivity contribution < 1.29 is 18.0 Å². The van der Waals surface area contributed by atoms with Crippen molar-refractivity contribution in [1.29, 1.82) is 0 Å². The van der Waals surface area contributed by atoms with Crippen LogP contribution >= 0.6 is 0 Å². The van der Waals surface area contributed by atoms with Gasteiger partial charge in [-0.3, -0.25) is 4.79 Å². The summed E-state index contributed by atoms with van der Waals surface area (Å²) in [5.74, 6) is -0.402. The number of carbonyl (C=O) groups is 1. The van der Waals surface area contributed by atoms with Crippen LogP contribution in [0.25, 0.3) is 11.0 Å². The van der Waals surface area contributed by atoms with Crippen molar-refractivity contribution in [3.8, 4) is 0 Å². The Morgan fingerprint density at radius 1 is 1.17 bits per heavy atom. The van der Waals surface area contributed by atoms with Crippen LogP contribution in [0.4, 0.5) is 19.0 Å². The normalized spacial score (nSPS) is 16.4. The molecule has 8 heteroatoms. The SMILES string of the molecule is CNC(=O)C1CCN(c2nc3ccccc3nc2C(F)(F)F)CC1. The Bertz CT molecular complexity index is 755. The summed E-state index contributed by atoms with van der Waals surface area (Å²) in [7, 11) is 1.56. The van der Waals surface area contributed by atoms with Gasteiger partial charge in [-0.15, -0.1) is 0 Å². The molecule has 2 aromatic rings. The van der Waals surface area contributed by atoms with Crippen molar-refractivity contribution in [1.82, 2.24) is 15.3 Å². The summed E-state index contributed by atoms with van der Waals surface area (Å²) in [4.78, 5) is 21.2. The Balaban J connectivity index is 1.95. The van der Waals surface area contributed by atoms with Crippen LogP contribution in [-0.2, 0) is 11.0 Å². The number of hydrogen-bond donors (Lipinski definition) is 1. The predicted octanol–water partition coefficient (Wildman–Crippen LogP) is 2.61. The zero-order valence-corrected chi connectivity index (χ0v) is 13.1. The molecule has 0 bridgehead atoms. The molecular formula is C16H17F3N4O. The van der Waals surface area contributed by atoms with E-state index < -0.39 is 11.9 Å². The van der Waals surface area contributed by atoms with Gasteiger partial charge < -0.3 is 10.2 Å². The molecule has 5 nitrogen and oxygen atoms in total. The number of hydrogen-bond acceptors (Lipinski definition) is 4. The first-order valence-corrected chi connectivity index (χ1v) is 7.70. The molecule has 1 aromatic carbocycles. The van der Waals surface area contributed by atoms with Crippen molar-refractivity contribution in [2.24, 2.45) is 5.92 Å². The minimum absolute atomic E-state index is 0.0738. The van der Waals surface area contributed by atoms with Crippen molar-refractivity contribution in [2.75, 3.05) is 25.0 Å². The average molecular weight is 338 g/mol. The first kappa shape index (κ1) is 16.5. The average Bonchev–Trinajstić information content (AvgIpc) is 2.59. The third-order valence-electron chi connectivity index (χ3n) is 4.23. The molecule has 0 aliphatic carbocycles. The van der Waals surface area contributed by atoms with Crippen molar-refractivity contribution in [2.45, 2.75) is 19.0 Å². The number of amides is 1. The molecule has 1 aromatic heterocycles. The van der Waals surface area contributed by atoms with Crippen LogP contribution in [-0.4, -0.2) is 36.0 Å². The Labute approximate surface area is 136 Å². The van der Waals surface area contributed by atoms with Gasteiger partial charge >= 0.3 is 6.18 Å². The fourth-order valence-electron chi connectivity index (χ4n) is 2.96. The molecule has 0 unspecified atom stereocenters. The standard InChI is InChI=1S/C16H17F3N4O/c1-20-15(24)10-6-8-23(9-7-10)14-13(16(17,18)19)21-11-4-2-3-5-12(11)22-14/h2-5,10H,6-9H2,1H3,(H,20,24). The number of para-hydroxylation sites is 2. The number of halogens is 3. The molecule has 128 valence electrons. The van der Waals surface area contributed by atoms with E-state index in [4.69, 9.17) is 0 Å². The molecule has 0 spiro atoms. The van der Waals surface area contributed by atoms with Crippen LogP contribution in [0.2, 0.25) is 0 Å². The van der Waals surface area contributed by atoms with Crippen LogP contribution in [0.5, 0.6) is 0 Å². The number of aromatic nitrogens is 2. The second-order valence-corrected chi connectivity index (χ2v) is 5.76. The molecule has 1 fully saturated rings. The minimum Gasteiger partial charge on any atom is -0.359 e. The maximum atomic E-state index is 13.4. The van der Waals surface area contributed by atoms with E-state index in [0.29, 0.717) is 31.4 Å². The van der Waals surface area contributed by atoms with Gasteiger partial charge in [0.1, 0.15) is 0 Å². The van der Waals surface area contributed by atoms with Gasteiger partial charge in [0.05, 0.1) is 11.0 Å². The summed E-state index contributed by atoms with van der Waals surface area (Å²) in [6.07, 6.45) is -3.60. The molecule has 1 aliphatic rings. The first-order chi connectivity index (χ1) is 11.4. The van der Waals surface area contributed by atoms with Gasteiger partial charge in [-0.05, 0) is 25.0 Å². The number of benzene rings is 1. The lowest BCUT2D eigenvalue weighted by molar-refractivity contribution is -0.140. The third kappa shape index (κ3) is 3.13. The molecule has 2 heterocycles. The van der Waals surface area contributed by atoms with Crippen LogP contribution in [0, 0.1) is 5.92 Å². The van der Waals surface area contributed by atoms with Crippen LogP contribution < -0.4 is 10.2 Å². The number of carbonyl (C=O) groups excluding carboxylic acids is 1. The second-order valence-electron chi connectivity index (χ2n) is 5.76. The highest BCUT2D eigenvalue weighted by molar-refractivity contribution is 5.79. The predicted molar refractivity (Wildman–Crippen MR) is 83.5 cm³/mol. The van der Waals surface area contributed by atoms with E-state index in [-0.39, 0.29) is 23.2 Å². The number of rotatable bonds is 2. The Morgan fingerprint density at radius 2 is 1.75 bits per heavy atom. The number of nitrogens with one attached hydrogen (secondary N) is 1. The molecule has 1 N–H and O–H groups in total. The molecule has 1 saturated heterocycles. The van der Waals surface area contributed by atoms with E-state index in [1.54, 1.807) is 30.1 Å². The number of alkyl halides is 3. The Morgan fingerprint density at radius 3 is 2.29 bits per heavy atom. The van der Waals surface area contributed by atoms with E-state index in [9.17, 15) is 18.0 Å². The number of nitrogens with zero attached hydrogens (tertiary/aromatic N) is 3. The van der Waals surface area contributed by atoms with E-state index in [0.717, 1.165) is 0 Å². The summed E-state index contributed by atoms with van der Waals surface area (Å²) >= 11 is 0. The van der Waals surface area contributed by atoms with Crippen molar-refractivity contribution >= 4 is 22.8 Å². The topological polar surface area (TPSA) is 58.1 Å². The molecule has 24 heavy (non-hydrogen) atoms. The third-order valence-corrected chi connectivity index (χ3v) is 4.23. The molecule has 1 aliphatic heterocycles. The van der Waals surface area contributed by atoms with Crippen LogP contribution in [0.3, 0.4) is 0 Å². The van der Waals surface area contributed by atoms with E-state index >= 15 is 0 Å². The van der Waals surface area contributed by atoms with Gasteiger partial charge in [0.25, 0.3) is 0 Å². The fraction of sp³-hybridized carbons (Fsp3) is 0.438. The number of anilines is 1. The van der Waals surface area contributed by atoms with Crippen LogP contribution in [0.15, 0.2) is 24.3 Å². The maximum Gasteiger partial charge on any atom is 0.437 e. The summed E-state index contributed by atoms with van der Waals surface area (Å²) in [6, 6.07) is 6.50. The maximum absolute atomic E-state index is 13.4. The van der Waals surface area contributed by atoms with Gasteiger partial charge in [0, 0.05) is 26.1 Å². The number of piperidine rings is 1. The number of fused-ring (bicyclic) bond motifs is 1. The second kappa shape index (κ2) is 6.26. The highest BCUT2D eigenvalue weighted by Gasteiger charge is 2.39. The van der Waals surface area contributed by atoms with Crippen molar-refractivity contribution in [3.63, 3.8) is 0 Å². The zero-order chi connectivity index (χ0) is 17.3. The fourth-order valence-corrected chi connectivity index (χ4v) is 2.96. The molecule has 3 rings (SSSR count). The van der Waals surface area contributed by atoms with Crippen molar-refractivity contribution in [3.05, 3.63) is 30.0 Å². The van der Waals surface area contributed by atoms with Gasteiger partial charge in [-0.2, -0.15) is 13.2 Å². The van der Waals surface area contributed by atoms with E-state index in [1.165, 1.54) is 6.07 Å². The van der Waals surface area contributed by atoms with E-state index in [1.807, 2.05) is 0 Å². The molecule has 0 atom stereocenters. The monoisotopic (exact) mass is 338 g/mol. The minimum atomic E-state index is -4.58. The highest BCUT2D eigenvalue weighted by Crippen LogP contribution is 2.36. The smallest absolute Gasteiger partial charge is 0.359 e. The summed E-state index contributed by atoms with van der Waals surface area (Å²) in [5.41, 5.74) is -0.331. The summed E-state index contributed by atoms with van der Waals surface area (Å²) in [5, 5.41) is 2.58. The largest absolute Gasteiger partial charge is 0.437 e. The Kier molecular flexibility index (Phi) is 4.29. The van der Waals surface area contributed by atoms with Crippen LogP contribution in [0.1, 0.15) is 18.5 Å². The van der Waals surface area contributed by atoms with Gasteiger partial charge in [0.15, 0.2) is 11.5 Å². The lowest BCUT2D eigenvalue weighted by atomic mass is 9.96.